The zero-order chi connectivity index (χ0) is 14.1. The highest BCUT2D eigenvalue weighted by Gasteiger charge is 2.68. The number of halogens is 3. The molecule has 20 heavy (non-hydrogen) atoms. The number of alkyl halides is 3. The van der Waals surface area contributed by atoms with E-state index < -0.39 is 17.5 Å². The van der Waals surface area contributed by atoms with Gasteiger partial charge in [-0.3, -0.25) is 4.79 Å². The highest BCUT2D eigenvalue weighted by molar-refractivity contribution is 5.85. The topological polar surface area (TPSA) is 41.1 Å². The predicted molar refractivity (Wildman–Crippen MR) is 65.7 cm³/mol. The second kappa shape index (κ2) is 3.90. The molecule has 1 saturated heterocycles. The van der Waals surface area contributed by atoms with E-state index in [2.05, 4.69) is 10.6 Å². The first-order valence-corrected chi connectivity index (χ1v) is 7.52. The number of carbonyl (C=O) groups is 1. The van der Waals surface area contributed by atoms with Crippen LogP contribution in [0.5, 0.6) is 0 Å². The van der Waals surface area contributed by atoms with Gasteiger partial charge in [0.05, 0.1) is 0 Å². The first-order chi connectivity index (χ1) is 9.44. The van der Waals surface area contributed by atoms with E-state index in [0.29, 0.717) is 23.7 Å². The molecule has 3 saturated carbocycles. The summed E-state index contributed by atoms with van der Waals surface area (Å²) in [7, 11) is 0. The minimum Gasteiger partial charge on any atom is -0.352 e. The maximum absolute atomic E-state index is 13.3. The minimum absolute atomic E-state index is 0.0218. The lowest BCUT2D eigenvalue weighted by Gasteiger charge is -2.30. The summed E-state index contributed by atoms with van der Waals surface area (Å²) in [6.45, 7) is -0.0209. The Morgan fingerprint density at radius 3 is 2.35 bits per heavy atom. The van der Waals surface area contributed by atoms with Gasteiger partial charge < -0.3 is 10.6 Å². The molecule has 0 spiro atoms. The van der Waals surface area contributed by atoms with Crippen molar-refractivity contribution in [2.75, 3.05) is 13.1 Å². The summed E-state index contributed by atoms with van der Waals surface area (Å²) in [5.74, 6) is 1.45. The first kappa shape index (κ1) is 12.9. The fraction of sp³-hybridized carbons (Fsp3) is 0.929. The molecular formula is C14H19F3N2O. The van der Waals surface area contributed by atoms with Gasteiger partial charge in [0.15, 0.2) is 5.41 Å². The van der Waals surface area contributed by atoms with Gasteiger partial charge in [0, 0.05) is 12.6 Å². The van der Waals surface area contributed by atoms with Gasteiger partial charge in [-0.25, -0.2) is 0 Å². The van der Waals surface area contributed by atoms with E-state index in [1.807, 2.05) is 0 Å². The van der Waals surface area contributed by atoms with Crippen molar-refractivity contribution in [3.8, 4) is 0 Å². The van der Waals surface area contributed by atoms with E-state index in [1.165, 1.54) is 19.3 Å². The van der Waals surface area contributed by atoms with E-state index in [9.17, 15) is 18.0 Å². The summed E-state index contributed by atoms with van der Waals surface area (Å²) in [6.07, 6.45) is -0.983. The van der Waals surface area contributed by atoms with E-state index in [0.717, 1.165) is 0 Å². The molecule has 2 N–H and O–H groups in total. The van der Waals surface area contributed by atoms with Crippen LogP contribution in [0.25, 0.3) is 0 Å². The Bertz CT molecular complexity index is 428. The van der Waals surface area contributed by atoms with E-state index >= 15 is 0 Å². The number of nitrogens with one attached hydrogen (secondary N) is 2. The van der Waals surface area contributed by atoms with E-state index in [4.69, 9.17) is 0 Å². The standard InChI is InChI=1S/C14H19F3N2O/c15-14(16,17)13(3-4-18-6-13)12(20)19-11-9-7-1-2-8(5-7)10(9)11/h7-11,18H,1-6H2,(H,19,20). The average molecular weight is 288 g/mol. The van der Waals surface area contributed by atoms with Gasteiger partial charge in [-0.15, -0.1) is 0 Å². The molecule has 4 fully saturated rings. The van der Waals surface area contributed by atoms with Crippen molar-refractivity contribution in [2.45, 2.75) is 37.9 Å². The molecule has 5 unspecified atom stereocenters. The Hall–Kier alpha value is -0.780. The Balaban J connectivity index is 1.48. The molecule has 5 atom stereocenters. The smallest absolute Gasteiger partial charge is 0.352 e. The Morgan fingerprint density at radius 1 is 1.20 bits per heavy atom. The van der Waals surface area contributed by atoms with Crippen LogP contribution in [0.15, 0.2) is 0 Å². The van der Waals surface area contributed by atoms with Gasteiger partial charge in [0.1, 0.15) is 0 Å². The fourth-order valence-corrected chi connectivity index (χ4v) is 5.06. The van der Waals surface area contributed by atoms with Gasteiger partial charge in [-0.05, 0) is 55.9 Å². The van der Waals surface area contributed by atoms with Gasteiger partial charge in [-0.1, -0.05) is 0 Å². The molecule has 6 heteroatoms. The van der Waals surface area contributed by atoms with Crippen molar-refractivity contribution in [3.63, 3.8) is 0 Å². The third kappa shape index (κ3) is 1.54. The molecule has 1 heterocycles. The van der Waals surface area contributed by atoms with Crippen molar-refractivity contribution >= 4 is 5.91 Å². The Kier molecular flexibility index (Phi) is 2.52. The van der Waals surface area contributed by atoms with Crippen molar-refractivity contribution in [1.82, 2.24) is 10.6 Å². The highest BCUT2D eigenvalue weighted by Crippen LogP contribution is 2.65. The zero-order valence-corrected chi connectivity index (χ0v) is 11.2. The molecule has 0 aromatic carbocycles. The molecule has 1 amide bonds. The van der Waals surface area contributed by atoms with Crippen molar-refractivity contribution < 1.29 is 18.0 Å². The maximum Gasteiger partial charge on any atom is 0.404 e. The SMILES string of the molecule is O=C(NC1C2C3CCC(C3)C12)C1(C(F)(F)F)CCNC1. The van der Waals surface area contributed by atoms with Gasteiger partial charge >= 0.3 is 6.18 Å². The van der Waals surface area contributed by atoms with Crippen LogP contribution in [-0.4, -0.2) is 31.2 Å². The van der Waals surface area contributed by atoms with Crippen LogP contribution in [0.3, 0.4) is 0 Å². The summed E-state index contributed by atoms with van der Waals surface area (Å²) < 4.78 is 39.9. The lowest BCUT2D eigenvalue weighted by molar-refractivity contribution is -0.216. The molecule has 4 aliphatic rings. The number of carbonyl (C=O) groups excluding carboxylic acids is 1. The Labute approximate surface area is 115 Å². The summed E-state index contributed by atoms with van der Waals surface area (Å²) in [5.41, 5.74) is -2.21. The van der Waals surface area contributed by atoms with Gasteiger partial charge in [0.2, 0.25) is 5.91 Å². The first-order valence-electron chi connectivity index (χ1n) is 7.52. The summed E-state index contributed by atoms with van der Waals surface area (Å²) >= 11 is 0. The minimum atomic E-state index is -4.47. The van der Waals surface area contributed by atoms with Gasteiger partial charge in [0.25, 0.3) is 0 Å². The summed E-state index contributed by atoms with van der Waals surface area (Å²) in [4.78, 5) is 12.3. The Morgan fingerprint density at radius 2 is 1.85 bits per heavy atom. The second-order valence-electron chi connectivity index (χ2n) is 6.99. The third-order valence-corrected chi connectivity index (χ3v) is 6.17. The zero-order valence-electron chi connectivity index (χ0n) is 11.2. The third-order valence-electron chi connectivity index (χ3n) is 6.17. The largest absolute Gasteiger partial charge is 0.404 e. The van der Waals surface area contributed by atoms with Gasteiger partial charge in [-0.2, -0.15) is 13.2 Å². The molecule has 3 nitrogen and oxygen atoms in total. The molecule has 0 aromatic heterocycles. The molecule has 1 aliphatic heterocycles. The summed E-state index contributed by atoms with van der Waals surface area (Å²) in [6, 6.07) is 0.0218. The molecule has 4 rings (SSSR count). The van der Waals surface area contributed by atoms with Crippen molar-refractivity contribution in [2.24, 2.45) is 29.1 Å². The normalized spacial score (nSPS) is 49.2. The summed E-state index contributed by atoms with van der Waals surface area (Å²) in [5, 5.41) is 5.44. The average Bonchev–Trinajstić information content (AvgIpc) is 2.86. The van der Waals surface area contributed by atoms with Crippen LogP contribution in [0.4, 0.5) is 13.2 Å². The van der Waals surface area contributed by atoms with Crippen LogP contribution in [0.1, 0.15) is 25.7 Å². The molecule has 0 radical (unpaired) electrons. The molecular weight excluding hydrogens is 269 g/mol. The molecule has 0 aromatic rings. The van der Waals surface area contributed by atoms with Crippen LogP contribution in [0.2, 0.25) is 0 Å². The monoisotopic (exact) mass is 288 g/mol. The number of fused-ring (bicyclic) bond motifs is 5. The van der Waals surface area contributed by atoms with Crippen LogP contribution >= 0.6 is 0 Å². The molecule has 2 bridgehead atoms. The number of amides is 1. The molecule has 112 valence electrons. The number of rotatable bonds is 2. The van der Waals surface area contributed by atoms with Crippen molar-refractivity contribution in [1.29, 1.82) is 0 Å². The lowest BCUT2D eigenvalue weighted by Crippen LogP contribution is -2.53. The molecule has 3 aliphatic carbocycles. The quantitative estimate of drug-likeness (QED) is 0.812. The maximum atomic E-state index is 13.3. The van der Waals surface area contributed by atoms with E-state index in [-0.39, 0.29) is 25.6 Å². The number of hydrogen-bond donors (Lipinski definition) is 2. The van der Waals surface area contributed by atoms with E-state index in [1.54, 1.807) is 0 Å². The van der Waals surface area contributed by atoms with Crippen molar-refractivity contribution in [3.05, 3.63) is 0 Å². The van der Waals surface area contributed by atoms with Crippen LogP contribution in [0, 0.1) is 29.1 Å². The lowest BCUT2D eigenvalue weighted by atomic mass is 9.85. The predicted octanol–water partition coefficient (Wildman–Crippen LogP) is 1.69. The van der Waals surface area contributed by atoms with Crippen LogP contribution < -0.4 is 10.6 Å². The van der Waals surface area contributed by atoms with Crippen LogP contribution in [-0.2, 0) is 4.79 Å². The number of hydrogen-bond acceptors (Lipinski definition) is 2. The second-order valence-corrected chi connectivity index (χ2v) is 6.99. The highest BCUT2D eigenvalue weighted by atomic mass is 19.4. The fourth-order valence-electron chi connectivity index (χ4n) is 5.06.